The van der Waals surface area contributed by atoms with Crippen LogP contribution in [0.5, 0.6) is 0 Å². The van der Waals surface area contributed by atoms with Crippen LogP contribution in [0.2, 0.25) is 0 Å². The molecule has 5 heteroatoms. The number of aromatic nitrogens is 1. The Morgan fingerprint density at radius 3 is 2.89 bits per heavy atom. The molecule has 1 aromatic carbocycles. The predicted octanol–water partition coefficient (Wildman–Crippen LogP) is 2.04. The van der Waals surface area contributed by atoms with Crippen molar-refractivity contribution in [2.24, 2.45) is 0 Å². The minimum atomic E-state index is -0.461. The number of nitrogen functional groups attached to an aromatic ring is 1. The molecule has 0 saturated heterocycles. The van der Waals surface area contributed by atoms with Crippen LogP contribution in [-0.4, -0.2) is 10.9 Å². The number of carbonyl (C=O) groups is 1. The molecule has 0 spiro atoms. The lowest BCUT2D eigenvalue weighted by Gasteiger charge is -2.09. The lowest BCUT2D eigenvalue weighted by molar-refractivity contribution is 0.0951. The highest BCUT2D eigenvalue weighted by atomic mass is 19.1. The average Bonchev–Trinajstić information content (AvgIpc) is 2.37. The molecule has 1 heterocycles. The number of nitrogens with one attached hydrogen (secondary N) is 1. The van der Waals surface area contributed by atoms with Crippen molar-refractivity contribution in [3.63, 3.8) is 0 Å². The molecule has 0 bridgehead atoms. The van der Waals surface area contributed by atoms with E-state index in [1.807, 2.05) is 13.0 Å². The number of pyridine rings is 1. The number of aryl methyl sites for hydroxylation is 1. The van der Waals surface area contributed by atoms with E-state index >= 15 is 0 Å². The van der Waals surface area contributed by atoms with Crippen molar-refractivity contribution in [2.75, 3.05) is 5.73 Å². The van der Waals surface area contributed by atoms with E-state index < -0.39 is 5.82 Å². The number of benzene rings is 1. The Labute approximate surface area is 110 Å². The van der Waals surface area contributed by atoms with E-state index in [4.69, 9.17) is 5.73 Å². The van der Waals surface area contributed by atoms with E-state index in [0.717, 1.165) is 17.2 Å². The van der Waals surface area contributed by atoms with Gasteiger partial charge in [0.25, 0.3) is 5.91 Å². The van der Waals surface area contributed by atoms with E-state index in [9.17, 15) is 9.18 Å². The van der Waals surface area contributed by atoms with Crippen LogP contribution < -0.4 is 11.1 Å². The van der Waals surface area contributed by atoms with Gasteiger partial charge in [-0.25, -0.2) is 4.39 Å². The van der Waals surface area contributed by atoms with Crippen LogP contribution in [0.4, 0.5) is 10.1 Å². The topological polar surface area (TPSA) is 68.0 Å². The Balaban J connectivity index is 2.08. The molecular weight excluding hydrogens is 245 g/mol. The summed E-state index contributed by atoms with van der Waals surface area (Å²) >= 11 is 0. The van der Waals surface area contributed by atoms with Gasteiger partial charge >= 0.3 is 0 Å². The third-order valence-electron chi connectivity index (χ3n) is 2.85. The number of carbonyl (C=O) groups excluding carboxylic acids is 1. The summed E-state index contributed by atoms with van der Waals surface area (Å²) in [6.45, 7) is 2.30. The van der Waals surface area contributed by atoms with Crippen LogP contribution in [0.25, 0.3) is 0 Å². The minimum absolute atomic E-state index is 0.125. The third-order valence-corrected chi connectivity index (χ3v) is 2.85. The molecule has 3 N–H and O–H groups in total. The molecule has 1 amide bonds. The van der Waals surface area contributed by atoms with Crippen LogP contribution in [0.3, 0.4) is 0 Å². The first-order valence-electron chi connectivity index (χ1n) is 5.80. The van der Waals surface area contributed by atoms with Crippen molar-refractivity contribution in [1.82, 2.24) is 10.3 Å². The fourth-order valence-electron chi connectivity index (χ4n) is 1.69. The van der Waals surface area contributed by atoms with Crippen molar-refractivity contribution in [3.8, 4) is 0 Å². The van der Waals surface area contributed by atoms with Gasteiger partial charge in [-0.05, 0) is 42.3 Å². The lowest BCUT2D eigenvalue weighted by atomic mass is 10.1. The maximum atomic E-state index is 12.9. The Morgan fingerprint density at radius 1 is 1.42 bits per heavy atom. The van der Waals surface area contributed by atoms with Crippen LogP contribution in [-0.2, 0) is 6.54 Å². The van der Waals surface area contributed by atoms with Gasteiger partial charge in [-0.1, -0.05) is 0 Å². The summed E-state index contributed by atoms with van der Waals surface area (Å²) < 4.78 is 12.9. The Hall–Kier alpha value is -2.43. The average molecular weight is 259 g/mol. The zero-order valence-corrected chi connectivity index (χ0v) is 10.5. The molecule has 2 rings (SSSR count). The van der Waals surface area contributed by atoms with Crippen LogP contribution in [0.1, 0.15) is 21.5 Å². The lowest BCUT2D eigenvalue weighted by Crippen LogP contribution is -2.24. The molecule has 0 fully saturated rings. The summed E-state index contributed by atoms with van der Waals surface area (Å²) in [5, 5.41) is 2.73. The maximum absolute atomic E-state index is 12.9. The fraction of sp³-hybridized carbons (Fsp3) is 0.143. The molecule has 19 heavy (non-hydrogen) atoms. The summed E-state index contributed by atoms with van der Waals surface area (Å²) in [6, 6.07) is 5.58. The second-order valence-corrected chi connectivity index (χ2v) is 4.22. The van der Waals surface area contributed by atoms with Gasteiger partial charge in [0.15, 0.2) is 0 Å². The smallest absolute Gasteiger partial charge is 0.253 e. The highest BCUT2D eigenvalue weighted by molar-refractivity contribution is 5.99. The van der Waals surface area contributed by atoms with Crippen molar-refractivity contribution in [1.29, 1.82) is 0 Å². The predicted molar refractivity (Wildman–Crippen MR) is 71.0 cm³/mol. The Morgan fingerprint density at radius 2 is 2.21 bits per heavy atom. The Kier molecular flexibility index (Phi) is 3.75. The second kappa shape index (κ2) is 5.48. The summed E-state index contributed by atoms with van der Waals surface area (Å²) in [5.41, 5.74) is 7.97. The van der Waals surface area contributed by atoms with Crippen LogP contribution in [0.15, 0.2) is 36.7 Å². The van der Waals surface area contributed by atoms with Gasteiger partial charge in [-0.3, -0.25) is 9.78 Å². The quantitative estimate of drug-likeness (QED) is 0.829. The second-order valence-electron chi connectivity index (χ2n) is 4.22. The summed E-state index contributed by atoms with van der Waals surface area (Å²) in [6.07, 6.45) is 3.39. The van der Waals surface area contributed by atoms with Gasteiger partial charge in [0, 0.05) is 24.6 Å². The molecule has 0 radical (unpaired) electrons. The zero-order chi connectivity index (χ0) is 13.8. The summed E-state index contributed by atoms with van der Waals surface area (Å²) in [7, 11) is 0. The van der Waals surface area contributed by atoms with Gasteiger partial charge in [-0.2, -0.15) is 0 Å². The zero-order valence-electron chi connectivity index (χ0n) is 10.5. The first-order valence-corrected chi connectivity index (χ1v) is 5.80. The number of nitrogens with zero attached hydrogens (tertiary/aromatic N) is 1. The molecule has 0 atom stereocenters. The van der Waals surface area contributed by atoms with Crippen molar-refractivity contribution in [2.45, 2.75) is 13.5 Å². The number of halogens is 1. The minimum Gasteiger partial charge on any atom is -0.398 e. The first-order chi connectivity index (χ1) is 9.08. The van der Waals surface area contributed by atoms with Gasteiger partial charge in [0.1, 0.15) is 5.82 Å². The van der Waals surface area contributed by atoms with Gasteiger partial charge in [-0.15, -0.1) is 0 Å². The molecule has 0 aliphatic rings. The monoisotopic (exact) mass is 259 g/mol. The van der Waals surface area contributed by atoms with E-state index in [2.05, 4.69) is 10.3 Å². The number of hydrogen-bond donors (Lipinski definition) is 2. The van der Waals surface area contributed by atoms with Gasteiger partial charge in [0.2, 0.25) is 0 Å². The van der Waals surface area contributed by atoms with E-state index in [0.29, 0.717) is 6.54 Å². The third kappa shape index (κ3) is 3.07. The molecule has 0 unspecified atom stereocenters. The first kappa shape index (κ1) is 13.0. The SMILES string of the molecule is Cc1ccncc1CNC(=O)c1ccc(F)cc1N. The largest absolute Gasteiger partial charge is 0.398 e. The van der Waals surface area contributed by atoms with E-state index in [-0.39, 0.29) is 17.2 Å². The molecule has 0 saturated carbocycles. The Bertz CT molecular complexity index is 613. The number of anilines is 1. The highest BCUT2D eigenvalue weighted by Gasteiger charge is 2.10. The van der Waals surface area contributed by atoms with Crippen molar-refractivity contribution >= 4 is 11.6 Å². The molecule has 98 valence electrons. The van der Waals surface area contributed by atoms with Crippen molar-refractivity contribution < 1.29 is 9.18 Å². The van der Waals surface area contributed by atoms with Crippen molar-refractivity contribution in [3.05, 3.63) is 59.2 Å². The van der Waals surface area contributed by atoms with E-state index in [1.165, 1.54) is 12.1 Å². The van der Waals surface area contributed by atoms with Crippen LogP contribution >= 0.6 is 0 Å². The van der Waals surface area contributed by atoms with E-state index in [1.54, 1.807) is 12.4 Å². The number of amides is 1. The maximum Gasteiger partial charge on any atom is 0.253 e. The number of nitrogens with two attached hydrogens (primary N) is 1. The molecule has 4 nitrogen and oxygen atoms in total. The number of hydrogen-bond acceptors (Lipinski definition) is 3. The number of rotatable bonds is 3. The standard InChI is InChI=1S/C14H14FN3O/c1-9-4-5-17-7-10(9)8-18-14(19)12-3-2-11(15)6-13(12)16/h2-7H,8,16H2,1H3,(H,18,19). The molecule has 0 aliphatic heterocycles. The highest BCUT2D eigenvalue weighted by Crippen LogP contribution is 2.13. The molecule has 2 aromatic rings. The van der Waals surface area contributed by atoms with Gasteiger partial charge < -0.3 is 11.1 Å². The summed E-state index contributed by atoms with van der Waals surface area (Å²) in [5.74, 6) is -0.794. The molecular formula is C14H14FN3O. The fourth-order valence-corrected chi connectivity index (χ4v) is 1.69. The molecule has 1 aromatic heterocycles. The normalized spacial score (nSPS) is 10.2. The summed E-state index contributed by atoms with van der Waals surface area (Å²) in [4.78, 5) is 15.9. The molecule has 0 aliphatic carbocycles. The van der Waals surface area contributed by atoms with Gasteiger partial charge in [0.05, 0.1) is 5.56 Å². The van der Waals surface area contributed by atoms with Crippen LogP contribution in [0, 0.1) is 12.7 Å².